The lowest BCUT2D eigenvalue weighted by molar-refractivity contribution is -0.153. The minimum atomic E-state index is -0.873. The molecule has 1 fully saturated rings. The average Bonchev–Trinajstić information content (AvgIpc) is 2.55. The van der Waals surface area contributed by atoms with Gasteiger partial charge < -0.3 is 19.7 Å². The van der Waals surface area contributed by atoms with Gasteiger partial charge in [-0.05, 0) is 31.5 Å². The zero-order chi connectivity index (χ0) is 17.7. The van der Waals surface area contributed by atoms with Gasteiger partial charge in [0.15, 0.2) is 6.10 Å². The zero-order valence-corrected chi connectivity index (χ0v) is 14.1. The molecule has 1 N–H and O–H groups in total. The predicted octanol–water partition coefficient (Wildman–Crippen LogP) is 0.652. The molecule has 24 heavy (non-hydrogen) atoms. The van der Waals surface area contributed by atoms with Crippen LogP contribution in [0.2, 0.25) is 0 Å². The number of ether oxygens (including phenoxy) is 2. The van der Waals surface area contributed by atoms with E-state index in [1.807, 2.05) is 25.1 Å². The molecule has 1 aliphatic rings. The van der Waals surface area contributed by atoms with Crippen molar-refractivity contribution in [1.82, 2.24) is 10.2 Å². The average molecular weight is 334 g/mol. The van der Waals surface area contributed by atoms with E-state index >= 15 is 0 Å². The molecular formula is C17H22N2O5. The van der Waals surface area contributed by atoms with Gasteiger partial charge in [-0.15, -0.1) is 0 Å². The molecular weight excluding hydrogens is 312 g/mol. The largest absolute Gasteiger partial charge is 0.481 e. The molecule has 2 amide bonds. The number of hydrogen-bond acceptors (Lipinski definition) is 5. The number of nitrogens with zero attached hydrogens (tertiary/aromatic N) is 1. The van der Waals surface area contributed by atoms with Gasteiger partial charge in [-0.25, -0.2) is 0 Å². The third-order valence-corrected chi connectivity index (χ3v) is 3.85. The molecule has 0 saturated carbocycles. The lowest BCUT2D eigenvalue weighted by atomic mass is 10.1. The number of aryl methyl sites for hydroxylation is 1. The standard InChI is InChI=1S/C17H22N2O5/c1-11-5-4-6-13(9-11)24-12(2)17(22)19-8-7-18-16(21)14(19)10-15(20)23-3/h4-6,9,12,14H,7-8,10H2,1-3H3,(H,18,21)/t12-,14+/m1/s1. The van der Waals surface area contributed by atoms with E-state index < -0.39 is 18.1 Å². The van der Waals surface area contributed by atoms with Crippen LogP contribution < -0.4 is 10.1 Å². The van der Waals surface area contributed by atoms with Crippen LogP contribution in [0.1, 0.15) is 18.9 Å². The van der Waals surface area contributed by atoms with Crippen LogP contribution in [0.3, 0.4) is 0 Å². The Labute approximate surface area is 140 Å². The van der Waals surface area contributed by atoms with Gasteiger partial charge in [0.1, 0.15) is 11.8 Å². The summed E-state index contributed by atoms with van der Waals surface area (Å²) in [7, 11) is 1.25. The number of esters is 1. The smallest absolute Gasteiger partial charge is 0.308 e. The highest BCUT2D eigenvalue weighted by Crippen LogP contribution is 2.17. The molecule has 7 nitrogen and oxygen atoms in total. The van der Waals surface area contributed by atoms with E-state index in [1.54, 1.807) is 13.0 Å². The van der Waals surface area contributed by atoms with E-state index in [9.17, 15) is 14.4 Å². The van der Waals surface area contributed by atoms with E-state index in [2.05, 4.69) is 10.1 Å². The Bertz CT molecular complexity index is 631. The topological polar surface area (TPSA) is 84.9 Å². The monoisotopic (exact) mass is 334 g/mol. The first kappa shape index (κ1) is 17.8. The highest BCUT2D eigenvalue weighted by molar-refractivity contribution is 5.93. The number of carbonyl (C=O) groups excluding carboxylic acids is 3. The third kappa shape index (κ3) is 4.24. The van der Waals surface area contributed by atoms with Gasteiger partial charge in [0.2, 0.25) is 5.91 Å². The second-order valence-corrected chi connectivity index (χ2v) is 5.70. The molecule has 0 bridgehead atoms. The van der Waals surface area contributed by atoms with Gasteiger partial charge in [0.05, 0.1) is 13.5 Å². The highest BCUT2D eigenvalue weighted by Gasteiger charge is 2.37. The van der Waals surface area contributed by atoms with Crippen molar-refractivity contribution in [2.45, 2.75) is 32.4 Å². The summed E-state index contributed by atoms with van der Waals surface area (Å²) in [4.78, 5) is 37.6. The van der Waals surface area contributed by atoms with Gasteiger partial charge in [-0.2, -0.15) is 0 Å². The first-order valence-corrected chi connectivity index (χ1v) is 7.80. The second kappa shape index (κ2) is 7.81. The minimum absolute atomic E-state index is 0.175. The summed E-state index contributed by atoms with van der Waals surface area (Å²) in [5, 5.41) is 2.66. The summed E-state index contributed by atoms with van der Waals surface area (Å²) in [6, 6.07) is 6.50. The van der Waals surface area contributed by atoms with Crippen molar-refractivity contribution >= 4 is 17.8 Å². The van der Waals surface area contributed by atoms with Gasteiger partial charge in [-0.1, -0.05) is 12.1 Å². The summed E-state index contributed by atoms with van der Waals surface area (Å²) in [6.45, 7) is 4.24. The van der Waals surface area contributed by atoms with Crippen LogP contribution in [0, 0.1) is 6.92 Å². The van der Waals surface area contributed by atoms with Gasteiger partial charge in [0.25, 0.3) is 5.91 Å². The normalized spacial score (nSPS) is 18.5. The van der Waals surface area contributed by atoms with E-state index in [1.165, 1.54) is 12.0 Å². The molecule has 130 valence electrons. The first-order chi connectivity index (χ1) is 11.4. The lowest BCUT2D eigenvalue weighted by Gasteiger charge is -2.35. The van der Waals surface area contributed by atoms with Crippen LogP contribution in [-0.4, -0.2) is 55.0 Å². The van der Waals surface area contributed by atoms with Crippen LogP contribution in [0.4, 0.5) is 0 Å². The van der Waals surface area contributed by atoms with Crippen molar-refractivity contribution in [1.29, 1.82) is 0 Å². The molecule has 0 unspecified atom stereocenters. The highest BCUT2D eigenvalue weighted by atomic mass is 16.5. The fourth-order valence-corrected chi connectivity index (χ4v) is 2.60. The van der Waals surface area contributed by atoms with Gasteiger partial charge in [-0.3, -0.25) is 14.4 Å². The molecule has 1 aliphatic heterocycles. The number of methoxy groups -OCH3 is 1. The number of rotatable bonds is 5. The van der Waals surface area contributed by atoms with Gasteiger partial charge >= 0.3 is 5.97 Å². The number of hydrogen-bond donors (Lipinski definition) is 1. The van der Waals surface area contributed by atoms with E-state index in [0.29, 0.717) is 18.8 Å². The molecule has 0 aliphatic carbocycles. The lowest BCUT2D eigenvalue weighted by Crippen LogP contribution is -2.60. The number of benzene rings is 1. The molecule has 0 aromatic heterocycles. The molecule has 1 heterocycles. The van der Waals surface area contributed by atoms with E-state index in [-0.39, 0.29) is 18.2 Å². The molecule has 7 heteroatoms. The Morgan fingerprint density at radius 1 is 1.42 bits per heavy atom. The zero-order valence-electron chi connectivity index (χ0n) is 14.1. The molecule has 0 spiro atoms. The molecule has 1 saturated heterocycles. The Morgan fingerprint density at radius 2 is 2.17 bits per heavy atom. The maximum Gasteiger partial charge on any atom is 0.308 e. The number of carbonyl (C=O) groups is 3. The van der Waals surface area contributed by atoms with Crippen molar-refractivity contribution in [3.63, 3.8) is 0 Å². The maximum atomic E-state index is 12.7. The Morgan fingerprint density at radius 3 is 2.83 bits per heavy atom. The van der Waals surface area contributed by atoms with E-state index in [4.69, 9.17) is 4.74 Å². The summed E-state index contributed by atoms with van der Waals surface area (Å²) in [5.41, 5.74) is 1.02. The van der Waals surface area contributed by atoms with Crippen LogP contribution in [-0.2, 0) is 19.1 Å². The molecule has 0 radical (unpaired) electrons. The van der Waals surface area contributed by atoms with Crippen LogP contribution in [0.5, 0.6) is 5.75 Å². The summed E-state index contributed by atoms with van der Waals surface area (Å²) in [6.07, 6.45) is -0.941. The SMILES string of the molecule is COC(=O)C[C@H]1C(=O)NCCN1C(=O)[C@@H](C)Oc1cccc(C)c1. The van der Waals surface area contributed by atoms with Crippen molar-refractivity contribution in [3.05, 3.63) is 29.8 Å². The Hall–Kier alpha value is -2.57. The van der Waals surface area contributed by atoms with Crippen molar-refractivity contribution in [3.8, 4) is 5.75 Å². The van der Waals surface area contributed by atoms with Gasteiger partial charge in [0, 0.05) is 13.1 Å². The maximum absolute atomic E-state index is 12.7. The van der Waals surface area contributed by atoms with E-state index in [0.717, 1.165) is 5.56 Å². The van der Waals surface area contributed by atoms with Crippen LogP contribution in [0.25, 0.3) is 0 Å². The molecule has 2 rings (SSSR count). The Kier molecular flexibility index (Phi) is 5.78. The van der Waals surface area contributed by atoms with Crippen molar-refractivity contribution in [2.24, 2.45) is 0 Å². The predicted molar refractivity (Wildman–Crippen MR) is 86.4 cm³/mol. The minimum Gasteiger partial charge on any atom is -0.481 e. The second-order valence-electron chi connectivity index (χ2n) is 5.70. The fourth-order valence-electron chi connectivity index (χ4n) is 2.60. The van der Waals surface area contributed by atoms with Crippen LogP contribution >= 0.6 is 0 Å². The molecule has 1 aromatic rings. The number of nitrogens with one attached hydrogen (secondary N) is 1. The summed E-state index contributed by atoms with van der Waals surface area (Å²) in [5.74, 6) is -0.646. The van der Waals surface area contributed by atoms with Crippen LogP contribution in [0.15, 0.2) is 24.3 Å². The summed E-state index contributed by atoms with van der Waals surface area (Å²) >= 11 is 0. The first-order valence-electron chi connectivity index (χ1n) is 7.80. The molecule has 1 aromatic carbocycles. The van der Waals surface area contributed by atoms with Crippen molar-refractivity contribution in [2.75, 3.05) is 20.2 Å². The fraction of sp³-hybridized carbons (Fsp3) is 0.471. The molecule has 2 atom stereocenters. The third-order valence-electron chi connectivity index (χ3n) is 3.85. The van der Waals surface area contributed by atoms with Crippen molar-refractivity contribution < 1.29 is 23.9 Å². The quantitative estimate of drug-likeness (QED) is 0.799. The summed E-state index contributed by atoms with van der Waals surface area (Å²) < 4.78 is 10.3. The number of amides is 2. The number of piperazine rings is 1. The Balaban J connectivity index is 2.09.